The van der Waals surface area contributed by atoms with Crippen molar-refractivity contribution in [3.05, 3.63) is 24.8 Å². The van der Waals surface area contributed by atoms with Crippen LogP contribution in [-0.2, 0) is 4.79 Å². The van der Waals surface area contributed by atoms with Crippen molar-refractivity contribution in [2.45, 2.75) is 96.8 Å². The van der Waals surface area contributed by atoms with Gasteiger partial charge in [-0.25, -0.2) is 4.79 Å². The first-order valence-electron chi connectivity index (χ1n) is 11.5. The molecule has 0 rings (SSSR count). The van der Waals surface area contributed by atoms with Crippen LogP contribution in [0.1, 0.15) is 96.8 Å². The zero-order valence-electron chi connectivity index (χ0n) is 19.9. The van der Waals surface area contributed by atoms with Gasteiger partial charge in [-0.3, -0.25) is 4.79 Å². The van der Waals surface area contributed by atoms with Crippen LogP contribution in [0.25, 0.3) is 0 Å². The summed E-state index contributed by atoms with van der Waals surface area (Å²) in [6.07, 6.45) is 23.9. The van der Waals surface area contributed by atoms with Crippen molar-refractivity contribution < 1.29 is 14.7 Å². The lowest BCUT2D eigenvalue weighted by Gasteiger charge is -2.02. The summed E-state index contributed by atoms with van der Waals surface area (Å²) in [7, 11) is 2.47. The van der Waals surface area contributed by atoms with Crippen molar-refractivity contribution in [2.75, 3.05) is 20.7 Å². The minimum absolute atomic E-state index is 0.155. The van der Waals surface area contributed by atoms with E-state index >= 15 is 0 Å². The van der Waals surface area contributed by atoms with E-state index < -0.39 is 6.03 Å². The van der Waals surface area contributed by atoms with Crippen LogP contribution in [0.2, 0.25) is 0 Å². The van der Waals surface area contributed by atoms with Gasteiger partial charge < -0.3 is 21.5 Å². The molecule has 0 aromatic carbocycles. The van der Waals surface area contributed by atoms with Gasteiger partial charge in [0.15, 0.2) is 0 Å². The number of primary amides is 1. The molecule has 30 heavy (non-hydrogen) atoms. The highest BCUT2D eigenvalue weighted by Gasteiger charge is 1.98. The van der Waals surface area contributed by atoms with E-state index in [0.717, 1.165) is 13.5 Å². The van der Waals surface area contributed by atoms with Gasteiger partial charge in [-0.1, -0.05) is 76.5 Å². The smallest absolute Gasteiger partial charge is 0.311 e. The Hall–Kier alpha value is -1.82. The number of amides is 3. The highest BCUT2D eigenvalue weighted by atomic mass is 16.2. The molecule has 0 aliphatic heterocycles. The summed E-state index contributed by atoms with van der Waals surface area (Å²) < 4.78 is 0. The molecule has 0 aliphatic rings. The maximum atomic E-state index is 11.4. The van der Waals surface area contributed by atoms with Crippen LogP contribution >= 0.6 is 0 Å². The molecule has 6 heteroatoms. The third kappa shape index (κ3) is 37.0. The molecule has 0 radical (unpaired) electrons. The third-order valence-corrected chi connectivity index (χ3v) is 4.36. The molecule has 0 aliphatic carbocycles. The normalized spacial score (nSPS) is 9.73. The summed E-state index contributed by atoms with van der Waals surface area (Å²) in [5, 5.41) is 12.0. The van der Waals surface area contributed by atoms with Gasteiger partial charge in [0, 0.05) is 27.1 Å². The molecule has 0 heterocycles. The van der Waals surface area contributed by atoms with Crippen LogP contribution in [0.3, 0.4) is 0 Å². The molecule has 0 aromatic rings. The molecular formula is C24H49N3O3. The Morgan fingerprint density at radius 1 is 0.867 bits per heavy atom. The van der Waals surface area contributed by atoms with E-state index in [9.17, 15) is 9.59 Å². The minimum Gasteiger partial charge on any atom is -0.400 e. The largest absolute Gasteiger partial charge is 0.400 e. The first kappa shape index (κ1) is 32.8. The lowest BCUT2D eigenvalue weighted by molar-refractivity contribution is -0.121. The average molecular weight is 428 g/mol. The number of nitrogens with two attached hydrogens (primary N) is 1. The second-order valence-electron chi connectivity index (χ2n) is 7.04. The molecule has 0 spiro atoms. The number of allylic oxidation sites excluding steroid dienone is 2. The van der Waals surface area contributed by atoms with E-state index in [2.05, 4.69) is 42.0 Å². The third-order valence-electron chi connectivity index (χ3n) is 4.36. The number of carbonyl (C=O) groups excluding carboxylic acids is 2. The Kier molecular flexibility index (Phi) is 34.9. The summed E-state index contributed by atoms with van der Waals surface area (Å²) in [5.74, 6) is 0.155. The summed E-state index contributed by atoms with van der Waals surface area (Å²) in [5.41, 5.74) is 4.54. The zero-order chi connectivity index (χ0) is 23.3. The van der Waals surface area contributed by atoms with Crippen LogP contribution in [-0.4, -0.2) is 37.7 Å². The zero-order valence-corrected chi connectivity index (χ0v) is 19.9. The monoisotopic (exact) mass is 427 g/mol. The molecule has 0 saturated heterocycles. The van der Waals surface area contributed by atoms with Crippen molar-refractivity contribution in [3.8, 4) is 0 Å². The molecule has 0 bridgehead atoms. The summed E-state index contributed by atoms with van der Waals surface area (Å²) in [6.45, 7) is 6.44. The number of nitrogens with one attached hydrogen (secondary N) is 2. The van der Waals surface area contributed by atoms with E-state index in [1.54, 1.807) is 6.08 Å². The number of hydrogen-bond donors (Lipinski definition) is 4. The highest BCUT2D eigenvalue weighted by molar-refractivity contribution is 5.75. The Labute approximate surface area is 185 Å². The Bertz CT molecular complexity index is 399. The molecule has 0 unspecified atom stereocenters. The number of urea groups is 1. The quantitative estimate of drug-likeness (QED) is 0.189. The second-order valence-corrected chi connectivity index (χ2v) is 7.04. The average Bonchev–Trinajstić information content (AvgIpc) is 2.76. The van der Waals surface area contributed by atoms with Gasteiger partial charge in [-0.05, 0) is 32.1 Å². The Balaban J connectivity index is -0.000000901. The van der Waals surface area contributed by atoms with Crippen LogP contribution < -0.4 is 16.4 Å². The van der Waals surface area contributed by atoms with Gasteiger partial charge in [-0.15, -0.1) is 6.58 Å². The Morgan fingerprint density at radius 2 is 1.30 bits per heavy atom. The van der Waals surface area contributed by atoms with Crippen LogP contribution in [0.5, 0.6) is 0 Å². The molecule has 178 valence electrons. The number of hydrogen-bond acceptors (Lipinski definition) is 3. The van der Waals surface area contributed by atoms with Crippen LogP contribution in [0.15, 0.2) is 24.8 Å². The first-order chi connectivity index (χ1) is 14.6. The fourth-order valence-corrected chi connectivity index (χ4v) is 2.63. The second kappa shape index (κ2) is 31.9. The van der Waals surface area contributed by atoms with Crippen molar-refractivity contribution in [2.24, 2.45) is 5.73 Å². The van der Waals surface area contributed by atoms with Crippen LogP contribution in [0, 0.1) is 0 Å². The van der Waals surface area contributed by atoms with Crippen molar-refractivity contribution in [3.63, 3.8) is 0 Å². The molecule has 0 fully saturated rings. The van der Waals surface area contributed by atoms with Gasteiger partial charge in [0.2, 0.25) is 5.91 Å². The van der Waals surface area contributed by atoms with Crippen molar-refractivity contribution in [1.29, 1.82) is 0 Å². The summed E-state index contributed by atoms with van der Waals surface area (Å²) in [6, 6.07) is -0.495. The molecular weight excluding hydrogens is 378 g/mol. The fraction of sp³-hybridized carbons (Fsp3) is 0.750. The molecule has 0 aromatic heterocycles. The molecule has 3 amide bonds. The molecule has 0 saturated carbocycles. The lowest BCUT2D eigenvalue weighted by Crippen LogP contribution is -2.24. The topological polar surface area (TPSA) is 104 Å². The standard InChI is InChI=1S/C21H39NO.C2H6N2O.CH4O/c1-3-5-6-7-8-9-10-11-12-13-14-15-16-17-18-19-21(23)22-20-4-2;1-4-2(3)5;1-2/h4,11-12H,2-3,5-10,13-20H2,1H3,(H,22,23);1H3,(H3,3,4,5);2H,1H3/b12-11+;;. The summed E-state index contributed by atoms with van der Waals surface area (Å²) >= 11 is 0. The van der Waals surface area contributed by atoms with Gasteiger partial charge in [0.05, 0.1) is 0 Å². The predicted octanol–water partition coefficient (Wildman–Crippen LogP) is 5.22. The van der Waals surface area contributed by atoms with E-state index in [1.807, 2.05) is 0 Å². The lowest BCUT2D eigenvalue weighted by atomic mass is 10.1. The van der Waals surface area contributed by atoms with Gasteiger partial charge in [-0.2, -0.15) is 0 Å². The first-order valence-corrected chi connectivity index (χ1v) is 11.5. The van der Waals surface area contributed by atoms with Gasteiger partial charge >= 0.3 is 6.03 Å². The predicted molar refractivity (Wildman–Crippen MR) is 129 cm³/mol. The van der Waals surface area contributed by atoms with Gasteiger partial charge in [0.25, 0.3) is 0 Å². The number of rotatable bonds is 17. The highest BCUT2D eigenvalue weighted by Crippen LogP contribution is 2.09. The fourth-order valence-electron chi connectivity index (χ4n) is 2.63. The van der Waals surface area contributed by atoms with E-state index in [4.69, 9.17) is 5.11 Å². The summed E-state index contributed by atoms with van der Waals surface area (Å²) in [4.78, 5) is 20.8. The molecule has 5 N–H and O–H groups in total. The van der Waals surface area contributed by atoms with E-state index in [0.29, 0.717) is 13.0 Å². The molecule has 6 nitrogen and oxygen atoms in total. The molecule has 0 atom stereocenters. The Morgan fingerprint density at radius 3 is 1.73 bits per heavy atom. The van der Waals surface area contributed by atoms with Crippen molar-refractivity contribution in [1.82, 2.24) is 10.6 Å². The minimum atomic E-state index is -0.495. The van der Waals surface area contributed by atoms with Crippen LogP contribution in [0.4, 0.5) is 4.79 Å². The van der Waals surface area contributed by atoms with E-state index in [1.165, 1.54) is 84.1 Å². The number of unbranched alkanes of at least 4 members (excludes halogenated alkanes) is 11. The number of carbonyl (C=O) groups is 2. The number of aliphatic hydroxyl groups excluding tert-OH is 1. The van der Waals surface area contributed by atoms with Crippen molar-refractivity contribution >= 4 is 11.9 Å². The van der Waals surface area contributed by atoms with Gasteiger partial charge in [0.1, 0.15) is 0 Å². The van der Waals surface area contributed by atoms with E-state index in [-0.39, 0.29) is 5.91 Å². The SMILES string of the molecule is C=CCNC(=O)CCCCCCC/C=C/CCCCCCCC.CNC(N)=O.CO. The number of aliphatic hydroxyl groups is 1. The maximum Gasteiger partial charge on any atom is 0.311 e. The maximum absolute atomic E-state index is 11.4.